The largest absolute Gasteiger partial charge is 0.372 e. The number of hydrogen-bond donors (Lipinski definition) is 1. The highest BCUT2D eigenvalue weighted by Crippen LogP contribution is 2.19. The monoisotopic (exact) mass is 229 g/mol. The lowest BCUT2D eigenvalue weighted by molar-refractivity contribution is -0.124. The summed E-state index contributed by atoms with van der Waals surface area (Å²) in [5.41, 5.74) is 0.00675. The van der Waals surface area contributed by atoms with Crippen LogP contribution in [0.5, 0.6) is 0 Å². The van der Waals surface area contributed by atoms with Crippen LogP contribution in [0, 0.1) is 18.6 Å². The third-order valence-corrected chi connectivity index (χ3v) is 2.23. The molecule has 1 atom stereocenters. The summed E-state index contributed by atoms with van der Waals surface area (Å²) in [6.45, 7) is 2.96. The SMILES string of the molecule is COC(C)C(=O)Nc1cc(F)c(C)cc1F. The maximum atomic E-state index is 13.3. The molecule has 0 aliphatic carbocycles. The second kappa shape index (κ2) is 5.03. The minimum absolute atomic E-state index is 0.183. The van der Waals surface area contributed by atoms with Crippen LogP contribution in [0.2, 0.25) is 0 Å². The summed E-state index contributed by atoms with van der Waals surface area (Å²) in [7, 11) is 1.36. The molecule has 1 rings (SSSR count). The van der Waals surface area contributed by atoms with Gasteiger partial charge in [-0.15, -0.1) is 0 Å². The van der Waals surface area contributed by atoms with Crippen molar-refractivity contribution in [2.75, 3.05) is 12.4 Å². The first-order chi connectivity index (χ1) is 7.45. The van der Waals surface area contributed by atoms with Crippen molar-refractivity contribution in [3.63, 3.8) is 0 Å². The van der Waals surface area contributed by atoms with Crippen LogP contribution in [0.3, 0.4) is 0 Å². The third-order valence-electron chi connectivity index (χ3n) is 2.23. The van der Waals surface area contributed by atoms with Gasteiger partial charge in [0.1, 0.15) is 17.7 Å². The number of halogens is 2. The highest BCUT2D eigenvalue weighted by Gasteiger charge is 2.15. The van der Waals surface area contributed by atoms with Crippen LogP contribution in [0.4, 0.5) is 14.5 Å². The molecule has 0 aromatic heterocycles. The average molecular weight is 229 g/mol. The molecule has 16 heavy (non-hydrogen) atoms. The van der Waals surface area contributed by atoms with Crippen molar-refractivity contribution in [3.8, 4) is 0 Å². The lowest BCUT2D eigenvalue weighted by Gasteiger charge is -2.11. The van der Waals surface area contributed by atoms with Crippen molar-refractivity contribution < 1.29 is 18.3 Å². The summed E-state index contributed by atoms with van der Waals surface area (Å²) in [5.74, 6) is -1.76. The van der Waals surface area contributed by atoms with Gasteiger partial charge in [-0.3, -0.25) is 4.79 Å². The molecule has 88 valence electrons. The molecule has 0 heterocycles. The van der Waals surface area contributed by atoms with Gasteiger partial charge < -0.3 is 10.1 Å². The average Bonchev–Trinajstić information content (AvgIpc) is 2.24. The van der Waals surface area contributed by atoms with Crippen molar-refractivity contribution in [2.24, 2.45) is 0 Å². The molecular formula is C11H13F2NO2. The van der Waals surface area contributed by atoms with E-state index in [0.717, 1.165) is 12.1 Å². The smallest absolute Gasteiger partial charge is 0.253 e. The first-order valence-corrected chi connectivity index (χ1v) is 4.75. The summed E-state index contributed by atoms with van der Waals surface area (Å²) >= 11 is 0. The van der Waals surface area contributed by atoms with Crippen LogP contribution in [0.25, 0.3) is 0 Å². The molecule has 1 aromatic carbocycles. The zero-order valence-electron chi connectivity index (χ0n) is 9.30. The van der Waals surface area contributed by atoms with E-state index >= 15 is 0 Å². The Hall–Kier alpha value is -1.49. The van der Waals surface area contributed by atoms with Gasteiger partial charge in [0, 0.05) is 13.2 Å². The topological polar surface area (TPSA) is 38.3 Å². The number of nitrogens with one attached hydrogen (secondary N) is 1. The Morgan fingerprint density at radius 3 is 2.56 bits per heavy atom. The zero-order valence-corrected chi connectivity index (χ0v) is 9.30. The summed E-state index contributed by atoms with van der Waals surface area (Å²) in [6.07, 6.45) is -0.719. The van der Waals surface area contributed by atoms with E-state index in [2.05, 4.69) is 5.32 Å². The number of methoxy groups -OCH3 is 1. The third kappa shape index (κ3) is 2.76. The summed E-state index contributed by atoms with van der Waals surface area (Å²) in [4.78, 5) is 11.4. The van der Waals surface area contributed by atoms with Gasteiger partial charge in [-0.1, -0.05) is 0 Å². The molecule has 0 aliphatic rings. The number of benzene rings is 1. The molecule has 1 N–H and O–H groups in total. The molecule has 1 unspecified atom stereocenters. The number of ether oxygens (including phenoxy) is 1. The Kier molecular flexibility index (Phi) is 3.95. The standard InChI is InChI=1S/C11H13F2NO2/c1-6-4-9(13)10(5-8(6)12)14-11(15)7(2)16-3/h4-5,7H,1-3H3,(H,14,15). The number of rotatable bonds is 3. The van der Waals surface area contributed by atoms with Gasteiger partial charge in [0.25, 0.3) is 5.91 Å². The first-order valence-electron chi connectivity index (χ1n) is 4.75. The predicted octanol–water partition coefficient (Wildman–Crippen LogP) is 2.25. The highest BCUT2D eigenvalue weighted by atomic mass is 19.1. The van der Waals surface area contributed by atoms with Crippen molar-refractivity contribution in [1.82, 2.24) is 0 Å². The minimum Gasteiger partial charge on any atom is -0.372 e. The van der Waals surface area contributed by atoms with Crippen molar-refractivity contribution in [3.05, 3.63) is 29.3 Å². The van der Waals surface area contributed by atoms with Gasteiger partial charge in [-0.25, -0.2) is 8.78 Å². The van der Waals surface area contributed by atoms with E-state index < -0.39 is 23.6 Å². The van der Waals surface area contributed by atoms with Crippen LogP contribution in [0.15, 0.2) is 12.1 Å². The molecule has 1 aromatic rings. The van der Waals surface area contributed by atoms with Gasteiger partial charge in [0.2, 0.25) is 0 Å². The van der Waals surface area contributed by atoms with E-state index in [9.17, 15) is 13.6 Å². The number of amides is 1. The van der Waals surface area contributed by atoms with E-state index in [1.54, 1.807) is 0 Å². The number of hydrogen-bond acceptors (Lipinski definition) is 2. The Morgan fingerprint density at radius 1 is 1.38 bits per heavy atom. The van der Waals surface area contributed by atoms with Gasteiger partial charge in [0.05, 0.1) is 5.69 Å². The molecule has 3 nitrogen and oxygen atoms in total. The van der Waals surface area contributed by atoms with Crippen molar-refractivity contribution in [1.29, 1.82) is 0 Å². The van der Waals surface area contributed by atoms with Crippen LogP contribution in [-0.2, 0) is 9.53 Å². The lowest BCUT2D eigenvalue weighted by atomic mass is 10.2. The fourth-order valence-corrected chi connectivity index (χ4v) is 1.08. The summed E-state index contributed by atoms with van der Waals surface area (Å²) in [6, 6.07) is 1.98. The molecule has 0 bridgehead atoms. The van der Waals surface area contributed by atoms with Gasteiger partial charge in [-0.2, -0.15) is 0 Å². The predicted molar refractivity (Wildman–Crippen MR) is 56.2 cm³/mol. The first kappa shape index (κ1) is 12.6. The number of carbonyl (C=O) groups is 1. The van der Waals surface area contributed by atoms with E-state index in [-0.39, 0.29) is 11.3 Å². The fourth-order valence-electron chi connectivity index (χ4n) is 1.08. The second-order valence-corrected chi connectivity index (χ2v) is 3.45. The Morgan fingerprint density at radius 2 is 2.00 bits per heavy atom. The van der Waals surface area contributed by atoms with Crippen LogP contribution in [0.1, 0.15) is 12.5 Å². The molecule has 5 heteroatoms. The van der Waals surface area contributed by atoms with Gasteiger partial charge in [0.15, 0.2) is 0 Å². The Balaban J connectivity index is 2.90. The van der Waals surface area contributed by atoms with Gasteiger partial charge >= 0.3 is 0 Å². The summed E-state index contributed by atoms with van der Waals surface area (Å²) < 4.78 is 31.2. The maximum absolute atomic E-state index is 13.3. The Labute approximate surface area is 92.4 Å². The quantitative estimate of drug-likeness (QED) is 0.863. The van der Waals surface area contributed by atoms with Crippen LogP contribution < -0.4 is 5.32 Å². The van der Waals surface area contributed by atoms with Crippen molar-refractivity contribution >= 4 is 11.6 Å². The molecule has 0 fully saturated rings. The van der Waals surface area contributed by atoms with Gasteiger partial charge in [-0.05, 0) is 25.5 Å². The van der Waals surface area contributed by atoms with Crippen LogP contribution in [-0.4, -0.2) is 19.1 Å². The highest BCUT2D eigenvalue weighted by molar-refractivity contribution is 5.94. The van der Waals surface area contributed by atoms with E-state index in [1.165, 1.54) is 21.0 Å². The molecule has 0 saturated heterocycles. The number of anilines is 1. The van der Waals surface area contributed by atoms with E-state index in [0.29, 0.717) is 0 Å². The molecule has 0 radical (unpaired) electrons. The maximum Gasteiger partial charge on any atom is 0.253 e. The normalized spacial score (nSPS) is 12.3. The fraction of sp³-hybridized carbons (Fsp3) is 0.364. The molecule has 0 saturated carbocycles. The Bertz CT molecular complexity index is 407. The van der Waals surface area contributed by atoms with Crippen LogP contribution >= 0.6 is 0 Å². The number of carbonyl (C=O) groups excluding carboxylic acids is 1. The summed E-state index contributed by atoms with van der Waals surface area (Å²) in [5, 5.41) is 2.25. The number of aryl methyl sites for hydroxylation is 1. The molecular weight excluding hydrogens is 216 g/mol. The molecule has 0 aliphatic heterocycles. The van der Waals surface area contributed by atoms with Crippen molar-refractivity contribution in [2.45, 2.75) is 20.0 Å². The zero-order chi connectivity index (χ0) is 12.3. The van der Waals surface area contributed by atoms with E-state index in [4.69, 9.17) is 4.74 Å². The molecule has 0 spiro atoms. The molecule has 1 amide bonds. The minimum atomic E-state index is -0.719. The lowest BCUT2D eigenvalue weighted by Crippen LogP contribution is -2.27. The van der Waals surface area contributed by atoms with E-state index in [1.807, 2.05) is 0 Å². The second-order valence-electron chi connectivity index (χ2n) is 3.45.